The summed E-state index contributed by atoms with van der Waals surface area (Å²) in [4.78, 5) is 31.2. The van der Waals surface area contributed by atoms with Crippen molar-refractivity contribution in [3.8, 4) is 0 Å². The number of carbonyl (C=O) groups excluding carboxylic acids is 2. The maximum Gasteiger partial charge on any atom is 0.248 e. The molecule has 9 heteroatoms. The Hall–Kier alpha value is -2.32. The molecule has 0 bridgehead atoms. The van der Waals surface area contributed by atoms with Gasteiger partial charge in [0, 0.05) is 56.8 Å². The van der Waals surface area contributed by atoms with E-state index in [4.69, 9.17) is 33.7 Å². The van der Waals surface area contributed by atoms with Crippen molar-refractivity contribution in [2.45, 2.75) is 29.6 Å². The summed E-state index contributed by atoms with van der Waals surface area (Å²) in [5.41, 5.74) is 8.11. The average Bonchev–Trinajstić information content (AvgIpc) is 2.93. The lowest BCUT2D eigenvalue weighted by Crippen LogP contribution is -2.52. The number of amides is 2. The van der Waals surface area contributed by atoms with E-state index in [2.05, 4.69) is 29.2 Å². The van der Waals surface area contributed by atoms with Gasteiger partial charge in [0.25, 0.3) is 0 Å². The molecule has 0 spiro atoms. The van der Waals surface area contributed by atoms with Crippen LogP contribution in [0.2, 0.25) is 0 Å². The number of hydrogen-bond acceptors (Lipinski definition) is 5. The highest BCUT2D eigenvalue weighted by Crippen LogP contribution is 2.31. The van der Waals surface area contributed by atoms with Crippen LogP contribution in [-0.4, -0.2) is 96.8 Å². The van der Waals surface area contributed by atoms with Crippen LogP contribution in [0.4, 0.5) is 0 Å². The fourth-order valence-corrected chi connectivity index (χ4v) is 5.67. The van der Waals surface area contributed by atoms with E-state index in [0.29, 0.717) is 18.8 Å². The van der Waals surface area contributed by atoms with E-state index >= 15 is 0 Å². The van der Waals surface area contributed by atoms with Gasteiger partial charge in [-0.15, -0.1) is 23.2 Å². The molecule has 5 unspecified atom stereocenters. The third kappa shape index (κ3) is 7.20. The normalized spacial score (nSPS) is 28.3. The number of nitrogens with zero attached hydrogens (tertiary/aromatic N) is 3. The molecule has 0 saturated carbocycles. The highest BCUT2D eigenvalue weighted by atomic mass is 35.5. The van der Waals surface area contributed by atoms with Gasteiger partial charge >= 0.3 is 0 Å². The summed E-state index contributed by atoms with van der Waals surface area (Å²) in [5.74, 6) is 0.0970. The molecule has 0 aromatic rings. The van der Waals surface area contributed by atoms with E-state index in [-0.39, 0.29) is 41.1 Å². The maximum atomic E-state index is 13.5. The fourth-order valence-electron chi connectivity index (χ4n) is 5.31. The summed E-state index contributed by atoms with van der Waals surface area (Å²) in [7, 11) is 3.82. The summed E-state index contributed by atoms with van der Waals surface area (Å²) in [6, 6.07) is 0.0233. The number of hydrogen-bond donors (Lipinski definition) is 1. The quantitative estimate of drug-likeness (QED) is 0.438. The van der Waals surface area contributed by atoms with Crippen LogP contribution < -0.4 is 5.73 Å². The number of carbonyl (C=O) groups is 2. The maximum absolute atomic E-state index is 13.5. The number of alkyl halides is 2. The smallest absolute Gasteiger partial charge is 0.248 e. The Morgan fingerprint density at radius 2 is 1.82 bits per heavy atom. The SMILES string of the molecule is CN(CC(=O)N(C)C(CN1CCOCC1)C1C=CC(C2C=CC(C(N)=O)=CC2)=CC1)C1=CC(Cl)C(Cl)C=C1. The summed E-state index contributed by atoms with van der Waals surface area (Å²) in [6.07, 6.45) is 19.8. The van der Waals surface area contributed by atoms with Gasteiger partial charge in [0.15, 0.2) is 0 Å². The van der Waals surface area contributed by atoms with Crippen molar-refractivity contribution >= 4 is 35.0 Å². The predicted molar refractivity (Wildman–Crippen MR) is 153 cm³/mol. The number of ether oxygens (including phenoxy) is 1. The van der Waals surface area contributed by atoms with Crippen molar-refractivity contribution in [2.24, 2.45) is 17.6 Å². The van der Waals surface area contributed by atoms with Gasteiger partial charge in [-0.3, -0.25) is 14.5 Å². The van der Waals surface area contributed by atoms with Crippen molar-refractivity contribution < 1.29 is 14.3 Å². The first kappa shape index (κ1) is 28.7. The lowest BCUT2D eigenvalue weighted by atomic mass is 9.82. The van der Waals surface area contributed by atoms with Gasteiger partial charge in [-0.05, 0) is 30.6 Å². The molecule has 2 N–H and O–H groups in total. The molecular formula is C29H38Cl2N4O3. The third-order valence-electron chi connectivity index (χ3n) is 7.81. The van der Waals surface area contributed by atoms with Crippen LogP contribution in [0.25, 0.3) is 0 Å². The number of nitrogens with two attached hydrogens (primary N) is 1. The molecule has 38 heavy (non-hydrogen) atoms. The Morgan fingerprint density at radius 1 is 1.05 bits per heavy atom. The minimum absolute atomic E-state index is 0.0233. The zero-order chi connectivity index (χ0) is 27.2. The van der Waals surface area contributed by atoms with Crippen LogP contribution in [0.1, 0.15) is 12.8 Å². The number of rotatable bonds is 9. The first-order chi connectivity index (χ1) is 18.2. The van der Waals surface area contributed by atoms with Gasteiger partial charge in [0.1, 0.15) is 0 Å². The van der Waals surface area contributed by atoms with Gasteiger partial charge < -0.3 is 20.3 Å². The molecule has 4 aliphatic rings. The lowest BCUT2D eigenvalue weighted by Gasteiger charge is -2.39. The molecule has 3 aliphatic carbocycles. The van der Waals surface area contributed by atoms with Crippen molar-refractivity contribution in [1.29, 1.82) is 0 Å². The molecule has 1 saturated heterocycles. The second-order valence-electron chi connectivity index (χ2n) is 10.4. The Bertz CT molecular complexity index is 1070. The summed E-state index contributed by atoms with van der Waals surface area (Å²) in [5, 5.41) is -0.544. The van der Waals surface area contributed by atoms with E-state index < -0.39 is 5.91 Å². The van der Waals surface area contributed by atoms with Crippen molar-refractivity contribution in [2.75, 3.05) is 53.5 Å². The monoisotopic (exact) mass is 560 g/mol. The average molecular weight is 562 g/mol. The zero-order valence-electron chi connectivity index (χ0n) is 22.1. The third-order valence-corrected chi connectivity index (χ3v) is 8.75. The van der Waals surface area contributed by atoms with Gasteiger partial charge in [-0.2, -0.15) is 0 Å². The topological polar surface area (TPSA) is 79.1 Å². The fraction of sp³-hybridized carbons (Fsp3) is 0.517. The molecule has 0 aromatic carbocycles. The van der Waals surface area contributed by atoms with E-state index in [1.54, 1.807) is 0 Å². The van der Waals surface area contributed by atoms with Crippen molar-refractivity contribution in [3.05, 3.63) is 71.5 Å². The van der Waals surface area contributed by atoms with Gasteiger partial charge in [-0.25, -0.2) is 0 Å². The molecular weight excluding hydrogens is 523 g/mol. The minimum atomic E-state index is -0.390. The molecule has 1 fully saturated rings. The van der Waals surface area contributed by atoms with E-state index in [1.807, 2.05) is 54.3 Å². The standard InChI is InChI=1S/C29H38Cl2N4O3/c1-33(24-11-12-25(30)26(31)17-24)19-28(36)34(2)27(18-35-13-15-38-16-14-35)22-7-3-20(4-8-22)21-5-9-23(10-6-21)29(32)37/h3-5,7,9-12,17,21-22,25-27H,6,8,13-16,18-19H2,1-2H3,(H2,32,37). The van der Waals surface area contributed by atoms with E-state index in [0.717, 1.165) is 38.2 Å². The number of morpholine rings is 1. The number of primary amides is 1. The summed E-state index contributed by atoms with van der Waals surface area (Å²) < 4.78 is 5.55. The lowest BCUT2D eigenvalue weighted by molar-refractivity contribution is -0.134. The second kappa shape index (κ2) is 13.2. The Kier molecular flexibility index (Phi) is 9.93. The van der Waals surface area contributed by atoms with Crippen molar-refractivity contribution in [3.63, 3.8) is 0 Å². The van der Waals surface area contributed by atoms with Crippen LogP contribution in [0.15, 0.2) is 71.5 Å². The van der Waals surface area contributed by atoms with E-state index in [9.17, 15) is 9.59 Å². The highest BCUT2D eigenvalue weighted by molar-refractivity contribution is 6.31. The molecule has 2 amide bonds. The van der Waals surface area contributed by atoms with Crippen LogP contribution >= 0.6 is 23.2 Å². The summed E-state index contributed by atoms with van der Waals surface area (Å²) >= 11 is 12.5. The number of halogens is 2. The van der Waals surface area contributed by atoms with Crippen LogP contribution in [-0.2, 0) is 14.3 Å². The minimum Gasteiger partial charge on any atom is -0.379 e. The number of allylic oxidation sites excluding steroid dienone is 8. The molecule has 4 rings (SSSR count). The zero-order valence-corrected chi connectivity index (χ0v) is 23.7. The predicted octanol–water partition coefficient (Wildman–Crippen LogP) is 3.24. The Labute approximate surface area is 235 Å². The molecule has 1 heterocycles. The van der Waals surface area contributed by atoms with Crippen LogP contribution in [0.5, 0.6) is 0 Å². The molecule has 206 valence electrons. The van der Waals surface area contributed by atoms with Crippen LogP contribution in [0.3, 0.4) is 0 Å². The molecule has 0 aromatic heterocycles. The van der Waals surface area contributed by atoms with E-state index in [1.165, 1.54) is 5.57 Å². The van der Waals surface area contributed by atoms with Gasteiger partial charge in [0.2, 0.25) is 11.8 Å². The Balaban J connectivity index is 1.42. The first-order valence-corrected chi connectivity index (χ1v) is 14.1. The Morgan fingerprint density at radius 3 is 2.42 bits per heavy atom. The summed E-state index contributed by atoms with van der Waals surface area (Å²) in [6.45, 7) is 4.21. The molecule has 1 aliphatic heterocycles. The van der Waals surface area contributed by atoms with Crippen LogP contribution in [0, 0.1) is 11.8 Å². The molecule has 0 radical (unpaired) electrons. The van der Waals surface area contributed by atoms with Gasteiger partial charge in [-0.1, -0.05) is 42.5 Å². The molecule has 5 atom stereocenters. The van der Waals surface area contributed by atoms with Crippen molar-refractivity contribution in [1.82, 2.24) is 14.7 Å². The number of likely N-dealkylation sites (N-methyl/N-ethyl adjacent to an activating group) is 2. The first-order valence-electron chi connectivity index (χ1n) is 13.2. The largest absolute Gasteiger partial charge is 0.379 e. The van der Waals surface area contributed by atoms with Gasteiger partial charge in [0.05, 0.1) is 36.6 Å². The molecule has 7 nitrogen and oxygen atoms in total. The second-order valence-corrected chi connectivity index (χ2v) is 11.4. The highest BCUT2D eigenvalue weighted by Gasteiger charge is 2.31.